The minimum absolute atomic E-state index is 0.0365. The lowest BCUT2D eigenvalue weighted by Gasteiger charge is -2.12. The van der Waals surface area contributed by atoms with E-state index >= 15 is 0 Å². The highest BCUT2D eigenvalue weighted by molar-refractivity contribution is 6.33. The van der Waals surface area contributed by atoms with Crippen LogP contribution < -0.4 is 5.73 Å². The zero-order chi connectivity index (χ0) is 16.6. The number of rotatable bonds is 4. The quantitative estimate of drug-likeness (QED) is 0.684. The van der Waals surface area contributed by atoms with Crippen molar-refractivity contribution in [2.24, 2.45) is 11.7 Å². The SMILES string of the molecule is CC1CN(Cc2ccc(-c3ccc([N+](=O)[O-])cc3Cl)o2)CC1N. The average molecular weight is 336 g/mol. The van der Waals surface area contributed by atoms with Crippen LogP contribution in [-0.2, 0) is 6.54 Å². The highest BCUT2D eigenvalue weighted by Gasteiger charge is 2.27. The normalized spacial score (nSPS) is 21.7. The average Bonchev–Trinajstić information content (AvgIpc) is 3.06. The van der Waals surface area contributed by atoms with Crippen molar-refractivity contribution in [2.45, 2.75) is 19.5 Å². The van der Waals surface area contributed by atoms with E-state index < -0.39 is 4.92 Å². The molecular weight excluding hydrogens is 318 g/mol. The lowest BCUT2D eigenvalue weighted by molar-refractivity contribution is -0.384. The van der Waals surface area contributed by atoms with E-state index in [9.17, 15) is 10.1 Å². The van der Waals surface area contributed by atoms with Crippen LogP contribution in [0.25, 0.3) is 11.3 Å². The zero-order valence-corrected chi connectivity index (χ0v) is 13.5. The molecule has 1 aromatic carbocycles. The first kappa shape index (κ1) is 16.0. The minimum Gasteiger partial charge on any atom is -0.460 e. The molecule has 7 heteroatoms. The van der Waals surface area contributed by atoms with Gasteiger partial charge in [0.15, 0.2) is 0 Å². The number of non-ortho nitro benzene ring substituents is 1. The maximum atomic E-state index is 10.8. The third-order valence-electron chi connectivity index (χ3n) is 4.22. The Bertz CT molecular complexity index is 721. The smallest absolute Gasteiger partial charge is 0.270 e. The number of nitro groups is 1. The summed E-state index contributed by atoms with van der Waals surface area (Å²) in [4.78, 5) is 12.5. The number of likely N-dealkylation sites (tertiary alicyclic amines) is 1. The Balaban J connectivity index is 1.76. The number of nitrogens with zero attached hydrogens (tertiary/aromatic N) is 2. The van der Waals surface area contributed by atoms with Crippen LogP contribution in [0.5, 0.6) is 0 Å². The Morgan fingerprint density at radius 2 is 2.17 bits per heavy atom. The van der Waals surface area contributed by atoms with Crippen molar-refractivity contribution in [3.8, 4) is 11.3 Å². The maximum Gasteiger partial charge on any atom is 0.270 e. The summed E-state index contributed by atoms with van der Waals surface area (Å²) in [6.45, 7) is 4.66. The Morgan fingerprint density at radius 3 is 2.78 bits per heavy atom. The second-order valence-electron chi connectivity index (χ2n) is 6.02. The number of halogens is 1. The van der Waals surface area contributed by atoms with Crippen LogP contribution in [0.3, 0.4) is 0 Å². The molecule has 0 radical (unpaired) electrons. The number of furan rings is 1. The van der Waals surface area contributed by atoms with Gasteiger partial charge in [-0.2, -0.15) is 0 Å². The fourth-order valence-corrected chi connectivity index (χ4v) is 3.14. The van der Waals surface area contributed by atoms with Gasteiger partial charge in [0.25, 0.3) is 5.69 Å². The molecule has 2 unspecified atom stereocenters. The van der Waals surface area contributed by atoms with Gasteiger partial charge in [-0.3, -0.25) is 15.0 Å². The van der Waals surface area contributed by atoms with Gasteiger partial charge in [-0.05, 0) is 24.1 Å². The van der Waals surface area contributed by atoms with Gasteiger partial charge in [0.05, 0.1) is 16.5 Å². The van der Waals surface area contributed by atoms with E-state index in [0.29, 0.717) is 28.8 Å². The summed E-state index contributed by atoms with van der Waals surface area (Å²) in [6, 6.07) is 8.30. The summed E-state index contributed by atoms with van der Waals surface area (Å²) < 4.78 is 5.85. The molecule has 0 spiro atoms. The first-order valence-electron chi connectivity index (χ1n) is 7.45. The Morgan fingerprint density at radius 1 is 1.39 bits per heavy atom. The van der Waals surface area contributed by atoms with Crippen LogP contribution in [0.15, 0.2) is 34.7 Å². The molecule has 0 saturated carbocycles. The largest absolute Gasteiger partial charge is 0.460 e. The van der Waals surface area contributed by atoms with Crippen LogP contribution >= 0.6 is 11.6 Å². The van der Waals surface area contributed by atoms with Gasteiger partial charge in [0.1, 0.15) is 11.5 Å². The first-order valence-corrected chi connectivity index (χ1v) is 7.83. The predicted molar refractivity (Wildman–Crippen MR) is 88.2 cm³/mol. The maximum absolute atomic E-state index is 10.8. The fraction of sp³-hybridized carbons (Fsp3) is 0.375. The van der Waals surface area contributed by atoms with E-state index in [0.717, 1.165) is 18.8 Å². The van der Waals surface area contributed by atoms with Crippen molar-refractivity contribution >= 4 is 17.3 Å². The number of hydrogen-bond acceptors (Lipinski definition) is 5. The molecule has 1 fully saturated rings. The highest BCUT2D eigenvalue weighted by Crippen LogP contribution is 2.32. The summed E-state index contributed by atoms with van der Waals surface area (Å²) in [7, 11) is 0. The summed E-state index contributed by atoms with van der Waals surface area (Å²) in [5.41, 5.74) is 6.64. The second kappa shape index (κ2) is 6.31. The highest BCUT2D eigenvalue weighted by atomic mass is 35.5. The van der Waals surface area contributed by atoms with E-state index in [1.165, 1.54) is 12.1 Å². The van der Waals surface area contributed by atoms with E-state index in [2.05, 4.69) is 11.8 Å². The Hall–Kier alpha value is -1.89. The molecule has 3 rings (SSSR count). The third-order valence-corrected chi connectivity index (χ3v) is 4.53. The number of nitrogens with two attached hydrogens (primary N) is 1. The van der Waals surface area contributed by atoms with Crippen molar-refractivity contribution in [2.75, 3.05) is 13.1 Å². The third kappa shape index (κ3) is 3.39. The van der Waals surface area contributed by atoms with Crippen LogP contribution in [0.2, 0.25) is 5.02 Å². The molecule has 2 heterocycles. The van der Waals surface area contributed by atoms with E-state index in [4.69, 9.17) is 21.8 Å². The summed E-state index contributed by atoms with van der Waals surface area (Å²) >= 11 is 6.13. The number of benzene rings is 1. The van der Waals surface area contributed by atoms with Gasteiger partial charge in [-0.1, -0.05) is 18.5 Å². The van der Waals surface area contributed by atoms with Crippen molar-refractivity contribution < 1.29 is 9.34 Å². The molecule has 122 valence electrons. The van der Waals surface area contributed by atoms with Gasteiger partial charge in [0.2, 0.25) is 0 Å². The van der Waals surface area contributed by atoms with Crippen molar-refractivity contribution in [3.05, 3.63) is 51.2 Å². The predicted octanol–water partition coefficient (Wildman–Crippen LogP) is 3.29. The van der Waals surface area contributed by atoms with Gasteiger partial charge in [0, 0.05) is 36.8 Å². The fourth-order valence-electron chi connectivity index (χ4n) is 2.87. The molecule has 1 aliphatic heterocycles. The van der Waals surface area contributed by atoms with Crippen LogP contribution in [-0.4, -0.2) is 29.0 Å². The molecule has 2 atom stereocenters. The molecule has 23 heavy (non-hydrogen) atoms. The Kier molecular flexibility index (Phi) is 4.39. The lowest BCUT2D eigenvalue weighted by atomic mass is 10.1. The van der Waals surface area contributed by atoms with Crippen LogP contribution in [0.1, 0.15) is 12.7 Å². The summed E-state index contributed by atoms with van der Waals surface area (Å²) in [6.07, 6.45) is 0. The van der Waals surface area contributed by atoms with E-state index in [1.54, 1.807) is 6.07 Å². The zero-order valence-electron chi connectivity index (χ0n) is 12.7. The van der Waals surface area contributed by atoms with Crippen molar-refractivity contribution in [3.63, 3.8) is 0 Å². The Labute approximate surface area is 139 Å². The molecule has 2 aromatic rings. The second-order valence-corrected chi connectivity index (χ2v) is 6.43. The monoisotopic (exact) mass is 335 g/mol. The van der Waals surface area contributed by atoms with Gasteiger partial charge < -0.3 is 10.2 Å². The molecule has 1 aromatic heterocycles. The lowest BCUT2D eigenvalue weighted by Crippen LogP contribution is -2.28. The van der Waals surface area contributed by atoms with E-state index in [-0.39, 0.29) is 11.7 Å². The first-order chi connectivity index (χ1) is 10.9. The molecule has 2 N–H and O–H groups in total. The molecule has 1 saturated heterocycles. The van der Waals surface area contributed by atoms with Gasteiger partial charge in [-0.15, -0.1) is 0 Å². The van der Waals surface area contributed by atoms with Crippen molar-refractivity contribution in [1.29, 1.82) is 0 Å². The molecular formula is C16H18ClN3O3. The minimum atomic E-state index is -0.471. The standard InChI is InChI=1S/C16H18ClN3O3/c1-10-7-19(9-15(10)18)8-12-3-5-16(23-12)13-4-2-11(20(21)22)6-14(13)17/h2-6,10,15H,7-9,18H2,1H3. The van der Waals surface area contributed by atoms with Gasteiger partial charge in [-0.25, -0.2) is 0 Å². The van der Waals surface area contributed by atoms with Gasteiger partial charge >= 0.3 is 0 Å². The molecule has 6 nitrogen and oxygen atoms in total. The van der Waals surface area contributed by atoms with E-state index in [1.807, 2.05) is 12.1 Å². The summed E-state index contributed by atoms with van der Waals surface area (Å²) in [5.74, 6) is 1.92. The topological polar surface area (TPSA) is 85.5 Å². The number of hydrogen-bond donors (Lipinski definition) is 1. The summed E-state index contributed by atoms with van der Waals surface area (Å²) in [5, 5.41) is 11.1. The van der Waals surface area contributed by atoms with Crippen LogP contribution in [0.4, 0.5) is 5.69 Å². The molecule has 0 amide bonds. The molecule has 1 aliphatic rings. The molecule has 0 aliphatic carbocycles. The molecule has 0 bridgehead atoms. The van der Waals surface area contributed by atoms with Crippen molar-refractivity contribution in [1.82, 2.24) is 4.90 Å². The van der Waals surface area contributed by atoms with Crippen LogP contribution in [0, 0.1) is 16.0 Å². The number of nitro benzene ring substituents is 1.